The first-order valence-corrected chi connectivity index (χ1v) is 10.5. The standard InChI is InChI=1S/C20H17ClN4O2S/c21-16-8-4-9-17(12-16)28(26,27)23-13-19-24-18-10-5-11-22-20(18)25(19)14-15-6-2-1-3-7-15/h1-12,23H,13-14H2. The summed E-state index contributed by atoms with van der Waals surface area (Å²) in [5, 5.41) is 0.364. The molecular formula is C20H17ClN4O2S. The number of aromatic nitrogens is 3. The van der Waals surface area contributed by atoms with Gasteiger partial charge in [-0.2, -0.15) is 0 Å². The molecular weight excluding hydrogens is 396 g/mol. The van der Waals surface area contributed by atoms with Gasteiger partial charge in [0.1, 0.15) is 11.3 Å². The first kappa shape index (κ1) is 18.6. The number of rotatable bonds is 6. The Balaban J connectivity index is 1.66. The van der Waals surface area contributed by atoms with E-state index >= 15 is 0 Å². The molecule has 2 heterocycles. The van der Waals surface area contributed by atoms with Gasteiger partial charge in [-0.25, -0.2) is 23.1 Å². The van der Waals surface area contributed by atoms with Gasteiger partial charge in [-0.05, 0) is 35.9 Å². The Bertz CT molecular complexity index is 1220. The summed E-state index contributed by atoms with van der Waals surface area (Å²) < 4.78 is 29.8. The molecule has 0 aliphatic rings. The van der Waals surface area contributed by atoms with Gasteiger partial charge >= 0.3 is 0 Å². The Morgan fingerprint density at radius 1 is 1.00 bits per heavy atom. The van der Waals surface area contributed by atoms with Gasteiger partial charge in [0.25, 0.3) is 0 Å². The van der Waals surface area contributed by atoms with E-state index in [1.165, 1.54) is 12.1 Å². The Morgan fingerprint density at radius 3 is 2.61 bits per heavy atom. The van der Waals surface area contributed by atoms with Gasteiger partial charge < -0.3 is 4.57 Å². The van der Waals surface area contributed by atoms with E-state index in [9.17, 15) is 8.42 Å². The van der Waals surface area contributed by atoms with E-state index in [0.29, 0.717) is 23.0 Å². The predicted octanol–water partition coefficient (Wildman–Crippen LogP) is 3.61. The zero-order valence-corrected chi connectivity index (χ0v) is 16.4. The summed E-state index contributed by atoms with van der Waals surface area (Å²) in [4.78, 5) is 9.10. The fourth-order valence-corrected chi connectivity index (χ4v) is 4.23. The van der Waals surface area contributed by atoms with E-state index in [1.807, 2.05) is 47.0 Å². The molecule has 0 aliphatic heterocycles. The molecule has 2 aromatic heterocycles. The summed E-state index contributed by atoms with van der Waals surface area (Å²) in [6.45, 7) is 0.584. The number of hydrogen-bond acceptors (Lipinski definition) is 4. The summed E-state index contributed by atoms with van der Waals surface area (Å²) in [7, 11) is -3.72. The summed E-state index contributed by atoms with van der Waals surface area (Å²) in [5.74, 6) is 0.586. The van der Waals surface area contributed by atoms with Crippen molar-refractivity contribution >= 4 is 32.8 Å². The third-order valence-corrected chi connectivity index (χ3v) is 5.93. The van der Waals surface area contributed by atoms with Crippen LogP contribution in [0.2, 0.25) is 5.02 Å². The molecule has 0 atom stereocenters. The highest BCUT2D eigenvalue weighted by atomic mass is 35.5. The van der Waals surface area contributed by atoms with Crippen molar-refractivity contribution in [1.82, 2.24) is 19.3 Å². The molecule has 0 fully saturated rings. The largest absolute Gasteiger partial charge is 0.307 e. The lowest BCUT2D eigenvalue weighted by atomic mass is 10.2. The van der Waals surface area contributed by atoms with E-state index in [-0.39, 0.29) is 11.4 Å². The average molecular weight is 413 g/mol. The van der Waals surface area contributed by atoms with Crippen LogP contribution in [0, 0.1) is 0 Å². The van der Waals surface area contributed by atoms with Gasteiger partial charge in [0.05, 0.1) is 18.0 Å². The van der Waals surface area contributed by atoms with Crippen LogP contribution in [0.15, 0.2) is 77.8 Å². The molecule has 28 heavy (non-hydrogen) atoms. The summed E-state index contributed by atoms with van der Waals surface area (Å²) >= 11 is 5.92. The minimum atomic E-state index is -3.72. The van der Waals surface area contributed by atoms with Crippen LogP contribution in [0.4, 0.5) is 0 Å². The summed E-state index contributed by atoms with van der Waals surface area (Å²) in [6, 6.07) is 19.7. The quantitative estimate of drug-likeness (QED) is 0.524. The van der Waals surface area contributed by atoms with Crippen molar-refractivity contribution in [2.24, 2.45) is 0 Å². The molecule has 8 heteroatoms. The predicted molar refractivity (Wildman–Crippen MR) is 109 cm³/mol. The van der Waals surface area contributed by atoms with Crippen molar-refractivity contribution in [1.29, 1.82) is 0 Å². The number of nitrogens with one attached hydrogen (secondary N) is 1. The molecule has 1 N–H and O–H groups in total. The molecule has 0 amide bonds. The number of halogens is 1. The molecule has 2 aromatic carbocycles. The number of benzene rings is 2. The van der Waals surface area contributed by atoms with Gasteiger partial charge in [-0.1, -0.05) is 48.0 Å². The Labute approximate surface area is 167 Å². The normalized spacial score (nSPS) is 11.8. The smallest absolute Gasteiger partial charge is 0.241 e. The van der Waals surface area contributed by atoms with E-state index < -0.39 is 10.0 Å². The summed E-state index contributed by atoms with van der Waals surface area (Å²) in [6.07, 6.45) is 1.70. The van der Waals surface area contributed by atoms with Gasteiger partial charge in [0.15, 0.2) is 5.65 Å². The zero-order valence-electron chi connectivity index (χ0n) is 14.8. The van der Waals surface area contributed by atoms with Crippen LogP contribution in [0.25, 0.3) is 11.2 Å². The van der Waals surface area contributed by atoms with Crippen molar-refractivity contribution in [3.05, 3.63) is 89.3 Å². The molecule has 0 saturated heterocycles. The van der Waals surface area contributed by atoms with Crippen LogP contribution in [-0.4, -0.2) is 23.0 Å². The Kier molecular flexibility index (Phi) is 5.13. The fraction of sp³-hybridized carbons (Fsp3) is 0.100. The fourth-order valence-electron chi connectivity index (χ4n) is 2.95. The van der Waals surface area contributed by atoms with Crippen LogP contribution in [0.3, 0.4) is 0 Å². The maximum atomic E-state index is 12.6. The Morgan fingerprint density at radius 2 is 1.82 bits per heavy atom. The molecule has 142 valence electrons. The van der Waals surface area contributed by atoms with Crippen molar-refractivity contribution < 1.29 is 8.42 Å². The lowest BCUT2D eigenvalue weighted by Crippen LogP contribution is -2.25. The molecule has 0 saturated carbocycles. The molecule has 4 rings (SSSR count). The molecule has 0 aliphatic carbocycles. The lowest BCUT2D eigenvalue weighted by molar-refractivity contribution is 0.576. The first-order chi connectivity index (χ1) is 13.5. The van der Waals surface area contributed by atoms with E-state index in [4.69, 9.17) is 11.6 Å². The van der Waals surface area contributed by atoms with E-state index in [2.05, 4.69) is 14.7 Å². The van der Waals surface area contributed by atoms with Crippen molar-refractivity contribution in [2.45, 2.75) is 18.0 Å². The number of hydrogen-bond donors (Lipinski definition) is 1. The highest BCUT2D eigenvalue weighted by Crippen LogP contribution is 2.18. The van der Waals surface area contributed by atoms with E-state index in [1.54, 1.807) is 18.3 Å². The SMILES string of the molecule is O=S(=O)(NCc1nc2cccnc2n1Cc1ccccc1)c1cccc(Cl)c1. The lowest BCUT2D eigenvalue weighted by Gasteiger charge is -2.10. The van der Waals surface area contributed by atoms with Gasteiger partial charge in [0, 0.05) is 11.2 Å². The van der Waals surface area contributed by atoms with Crippen LogP contribution < -0.4 is 4.72 Å². The number of nitrogens with zero attached hydrogens (tertiary/aromatic N) is 3. The maximum Gasteiger partial charge on any atom is 0.241 e. The highest BCUT2D eigenvalue weighted by molar-refractivity contribution is 7.89. The third-order valence-electron chi connectivity index (χ3n) is 4.29. The molecule has 0 spiro atoms. The second-order valence-electron chi connectivity index (χ2n) is 6.23. The number of imidazole rings is 1. The topological polar surface area (TPSA) is 76.9 Å². The number of sulfonamides is 1. The molecule has 0 unspecified atom stereocenters. The van der Waals surface area contributed by atoms with Crippen LogP contribution in [0.1, 0.15) is 11.4 Å². The minimum Gasteiger partial charge on any atom is -0.307 e. The minimum absolute atomic E-state index is 0.0397. The number of pyridine rings is 1. The third kappa shape index (κ3) is 3.91. The van der Waals surface area contributed by atoms with Crippen molar-refractivity contribution in [3.8, 4) is 0 Å². The van der Waals surface area contributed by atoms with Crippen LogP contribution in [0.5, 0.6) is 0 Å². The van der Waals surface area contributed by atoms with Crippen molar-refractivity contribution in [3.63, 3.8) is 0 Å². The maximum absolute atomic E-state index is 12.6. The van der Waals surface area contributed by atoms with Gasteiger partial charge in [-0.15, -0.1) is 0 Å². The molecule has 0 radical (unpaired) electrons. The van der Waals surface area contributed by atoms with Crippen LogP contribution >= 0.6 is 11.6 Å². The number of fused-ring (bicyclic) bond motifs is 1. The molecule has 0 bridgehead atoms. The summed E-state index contributed by atoms with van der Waals surface area (Å²) in [5.41, 5.74) is 2.50. The monoisotopic (exact) mass is 412 g/mol. The average Bonchev–Trinajstić information content (AvgIpc) is 3.05. The van der Waals surface area contributed by atoms with Gasteiger partial charge in [0.2, 0.25) is 10.0 Å². The Hall–Kier alpha value is -2.74. The molecule has 4 aromatic rings. The highest BCUT2D eigenvalue weighted by Gasteiger charge is 2.18. The second kappa shape index (κ2) is 7.71. The zero-order chi connectivity index (χ0) is 19.6. The van der Waals surface area contributed by atoms with E-state index in [0.717, 1.165) is 11.1 Å². The molecule has 6 nitrogen and oxygen atoms in total. The first-order valence-electron chi connectivity index (χ1n) is 8.62. The van der Waals surface area contributed by atoms with Crippen LogP contribution in [-0.2, 0) is 23.1 Å². The van der Waals surface area contributed by atoms with Crippen molar-refractivity contribution in [2.75, 3.05) is 0 Å². The second-order valence-corrected chi connectivity index (χ2v) is 8.43. The van der Waals surface area contributed by atoms with Gasteiger partial charge in [-0.3, -0.25) is 0 Å².